The van der Waals surface area contributed by atoms with E-state index < -0.39 is 0 Å². The van der Waals surface area contributed by atoms with Crippen LogP contribution in [0.3, 0.4) is 0 Å². The number of nitrogens with one attached hydrogen (secondary N) is 1. The lowest BCUT2D eigenvalue weighted by Gasteiger charge is -2.10. The number of aromatic nitrogens is 1. The Balaban J connectivity index is 1.81. The molecular weight excluding hydrogens is 236 g/mol. The second-order valence-electron chi connectivity index (χ2n) is 4.46. The van der Waals surface area contributed by atoms with Gasteiger partial charge in [0.15, 0.2) is 0 Å². The van der Waals surface area contributed by atoms with Crippen molar-refractivity contribution in [2.75, 3.05) is 26.7 Å². The first-order valence-corrected chi connectivity index (χ1v) is 6.68. The van der Waals surface area contributed by atoms with E-state index in [1.807, 2.05) is 0 Å². The molecular formula is C11H18N4OS. The number of nitrogens with zero attached hydrogens (tertiary/aromatic N) is 2. The normalized spacial score (nSPS) is 20.7. The number of nitrogens with two attached hydrogens (primary N) is 1. The SMILES string of the molecule is CN1CCC(CNC(=O)c2csc(CN)n2)C1. The van der Waals surface area contributed by atoms with E-state index in [2.05, 4.69) is 22.2 Å². The van der Waals surface area contributed by atoms with Gasteiger partial charge >= 0.3 is 0 Å². The summed E-state index contributed by atoms with van der Waals surface area (Å²) < 4.78 is 0. The number of carbonyl (C=O) groups excluding carboxylic acids is 1. The maximum atomic E-state index is 11.8. The summed E-state index contributed by atoms with van der Waals surface area (Å²) in [5, 5.41) is 5.50. The van der Waals surface area contributed by atoms with Crippen LogP contribution in [0.2, 0.25) is 0 Å². The Morgan fingerprint density at radius 2 is 2.59 bits per heavy atom. The molecule has 3 N–H and O–H groups in total. The molecule has 1 aliphatic rings. The molecule has 1 atom stereocenters. The first-order valence-electron chi connectivity index (χ1n) is 5.80. The van der Waals surface area contributed by atoms with E-state index in [1.54, 1.807) is 5.38 Å². The lowest BCUT2D eigenvalue weighted by atomic mass is 10.1. The number of amides is 1. The molecule has 0 spiro atoms. The number of likely N-dealkylation sites (tertiary alicyclic amines) is 1. The molecule has 1 saturated heterocycles. The van der Waals surface area contributed by atoms with E-state index in [1.165, 1.54) is 11.3 Å². The van der Waals surface area contributed by atoms with Crippen molar-refractivity contribution < 1.29 is 4.79 Å². The topological polar surface area (TPSA) is 71.2 Å². The van der Waals surface area contributed by atoms with E-state index in [9.17, 15) is 4.79 Å². The molecule has 0 saturated carbocycles. The van der Waals surface area contributed by atoms with Crippen molar-refractivity contribution in [3.05, 3.63) is 16.1 Å². The van der Waals surface area contributed by atoms with E-state index in [0.717, 1.165) is 31.1 Å². The number of hydrogen-bond acceptors (Lipinski definition) is 5. The maximum absolute atomic E-state index is 11.8. The van der Waals surface area contributed by atoms with Crippen molar-refractivity contribution in [1.82, 2.24) is 15.2 Å². The van der Waals surface area contributed by atoms with Crippen molar-refractivity contribution in [2.45, 2.75) is 13.0 Å². The van der Waals surface area contributed by atoms with Gasteiger partial charge in [0.1, 0.15) is 10.7 Å². The van der Waals surface area contributed by atoms with Gasteiger partial charge in [-0.3, -0.25) is 4.79 Å². The fraction of sp³-hybridized carbons (Fsp3) is 0.636. The molecule has 1 aliphatic heterocycles. The monoisotopic (exact) mass is 254 g/mol. The molecule has 1 fully saturated rings. The number of hydrogen-bond donors (Lipinski definition) is 2. The van der Waals surface area contributed by atoms with Crippen LogP contribution in [0.25, 0.3) is 0 Å². The smallest absolute Gasteiger partial charge is 0.270 e. The first kappa shape index (κ1) is 12.5. The van der Waals surface area contributed by atoms with E-state index >= 15 is 0 Å². The molecule has 0 aromatic carbocycles. The Bertz CT molecular complexity index is 393. The second-order valence-corrected chi connectivity index (χ2v) is 5.40. The molecule has 17 heavy (non-hydrogen) atoms. The molecule has 2 heterocycles. The van der Waals surface area contributed by atoms with Crippen LogP contribution in [-0.2, 0) is 6.54 Å². The molecule has 0 radical (unpaired) electrons. The van der Waals surface area contributed by atoms with Gasteiger partial charge in [0.2, 0.25) is 0 Å². The van der Waals surface area contributed by atoms with Crippen LogP contribution in [0.15, 0.2) is 5.38 Å². The summed E-state index contributed by atoms with van der Waals surface area (Å²) in [5.74, 6) is 0.479. The Morgan fingerprint density at radius 1 is 1.76 bits per heavy atom. The van der Waals surface area contributed by atoms with Gasteiger partial charge in [-0.25, -0.2) is 4.98 Å². The minimum atomic E-state index is -0.0875. The van der Waals surface area contributed by atoms with E-state index in [4.69, 9.17) is 5.73 Å². The molecule has 1 aromatic rings. The Hall–Kier alpha value is -0.980. The fourth-order valence-corrected chi connectivity index (χ4v) is 2.68. The third-order valence-electron chi connectivity index (χ3n) is 3.00. The second kappa shape index (κ2) is 5.57. The Labute approximate surface area is 105 Å². The molecule has 1 aromatic heterocycles. The summed E-state index contributed by atoms with van der Waals surface area (Å²) in [7, 11) is 2.11. The number of rotatable bonds is 4. The highest BCUT2D eigenvalue weighted by molar-refractivity contribution is 7.09. The molecule has 0 aliphatic carbocycles. The van der Waals surface area contributed by atoms with Crippen LogP contribution in [0.1, 0.15) is 21.9 Å². The summed E-state index contributed by atoms with van der Waals surface area (Å²) in [4.78, 5) is 18.2. The number of carbonyl (C=O) groups is 1. The largest absolute Gasteiger partial charge is 0.350 e. The van der Waals surface area contributed by atoms with Gasteiger partial charge in [0.25, 0.3) is 5.91 Å². The van der Waals surface area contributed by atoms with E-state index in [0.29, 0.717) is 18.2 Å². The Kier molecular flexibility index (Phi) is 4.09. The lowest BCUT2D eigenvalue weighted by Crippen LogP contribution is -2.30. The van der Waals surface area contributed by atoms with Gasteiger partial charge in [0.05, 0.1) is 0 Å². The van der Waals surface area contributed by atoms with Crippen LogP contribution in [-0.4, -0.2) is 42.5 Å². The van der Waals surface area contributed by atoms with Gasteiger partial charge in [-0.05, 0) is 25.9 Å². The molecule has 1 unspecified atom stereocenters. The Morgan fingerprint density at radius 3 is 3.18 bits per heavy atom. The van der Waals surface area contributed by atoms with Crippen LogP contribution >= 0.6 is 11.3 Å². The van der Waals surface area contributed by atoms with Gasteiger partial charge in [-0.1, -0.05) is 0 Å². The third-order valence-corrected chi connectivity index (χ3v) is 3.87. The average Bonchev–Trinajstić information content (AvgIpc) is 2.94. The lowest BCUT2D eigenvalue weighted by molar-refractivity contribution is 0.0943. The standard InChI is InChI=1S/C11H18N4OS/c1-15-3-2-8(6-15)5-13-11(16)9-7-17-10(4-12)14-9/h7-8H,2-6,12H2,1H3,(H,13,16). The van der Waals surface area contributed by atoms with Crippen LogP contribution in [0, 0.1) is 5.92 Å². The summed E-state index contributed by atoms with van der Waals surface area (Å²) in [6.07, 6.45) is 1.15. The molecule has 94 valence electrons. The zero-order valence-corrected chi connectivity index (χ0v) is 10.8. The van der Waals surface area contributed by atoms with Crippen molar-refractivity contribution in [3.63, 3.8) is 0 Å². The van der Waals surface area contributed by atoms with Gasteiger partial charge in [-0.15, -0.1) is 11.3 Å². The summed E-state index contributed by atoms with van der Waals surface area (Å²) in [6.45, 7) is 3.31. The molecule has 5 nitrogen and oxygen atoms in total. The van der Waals surface area contributed by atoms with Crippen molar-refractivity contribution in [2.24, 2.45) is 11.7 Å². The summed E-state index contributed by atoms with van der Waals surface area (Å²) >= 11 is 1.43. The van der Waals surface area contributed by atoms with Gasteiger partial charge < -0.3 is 16.0 Å². The summed E-state index contributed by atoms with van der Waals surface area (Å²) in [6, 6.07) is 0. The van der Waals surface area contributed by atoms with Crippen molar-refractivity contribution in [1.29, 1.82) is 0 Å². The van der Waals surface area contributed by atoms with Crippen LogP contribution in [0.5, 0.6) is 0 Å². The van der Waals surface area contributed by atoms with E-state index in [-0.39, 0.29) is 5.91 Å². The van der Waals surface area contributed by atoms with Gasteiger partial charge in [0, 0.05) is 25.0 Å². The highest BCUT2D eigenvalue weighted by atomic mass is 32.1. The van der Waals surface area contributed by atoms with Crippen molar-refractivity contribution >= 4 is 17.2 Å². The van der Waals surface area contributed by atoms with Crippen LogP contribution < -0.4 is 11.1 Å². The predicted octanol–water partition coefficient (Wildman–Crippen LogP) is 0.283. The molecule has 6 heteroatoms. The van der Waals surface area contributed by atoms with Gasteiger partial charge in [-0.2, -0.15) is 0 Å². The predicted molar refractivity (Wildman–Crippen MR) is 67.9 cm³/mol. The fourth-order valence-electron chi connectivity index (χ4n) is 2.03. The number of thiazole rings is 1. The highest BCUT2D eigenvalue weighted by Crippen LogP contribution is 2.13. The maximum Gasteiger partial charge on any atom is 0.270 e. The minimum absolute atomic E-state index is 0.0875. The van der Waals surface area contributed by atoms with Crippen molar-refractivity contribution in [3.8, 4) is 0 Å². The van der Waals surface area contributed by atoms with Crippen LogP contribution in [0.4, 0.5) is 0 Å². The molecule has 1 amide bonds. The zero-order chi connectivity index (χ0) is 12.3. The molecule has 0 bridgehead atoms. The summed E-state index contributed by atoms with van der Waals surface area (Å²) in [5.41, 5.74) is 5.95. The highest BCUT2D eigenvalue weighted by Gasteiger charge is 2.20. The first-order chi connectivity index (χ1) is 8.19. The third kappa shape index (κ3) is 3.24. The molecule has 2 rings (SSSR count). The minimum Gasteiger partial charge on any atom is -0.350 e. The zero-order valence-electron chi connectivity index (χ0n) is 9.98. The quantitative estimate of drug-likeness (QED) is 0.810. The average molecular weight is 254 g/mol.